The number of benzene rings is 1. The first-order valence-corrected chi connectivity index (χ1v) is 7.09. The van der Waals surface area contributed by atoms with Gasteiger partial charge in [0.25, 0.3) is 10.0 Å². The molecule has 0 aliphatic heterocycles. The van der Waals surface area contributed by atoms with Crippen molar-refractivity contribution in [3.63, 3.8) is 0 Å². The minimum Gasteiger partial charge on any atom is -0.478 e. The highest BCUT2D eigenvalue weighted by Crippen LogP contribution is 2.15. The van der Waals surface area contributed by atoms with Crippen molar-refractivity contribution in [3.05, 3.63) is 47.4 Å². The number of sulfonamides is 1. The molecule has 0 spiro atoms. The van der Waals surface area contributed by atoms with E-state index in [-0.39, 0.29) is 21.6 Å². The Hall–Kier alpha value is -2.19. The van der Waals surface area contributed by atoms with Crippen molar-refractivity contribution in [1.29, 1.82) is 0 Å². The lowest BCUT2D eigenvalue weighted by molar-refractivity contribution is 0.0697. The molecule has 0 radical (unpaired) electrons. The lowest BCUT2D eigenvalue weighted by Crippen LogP contribution is -2.14. The van der Waals surface area contributed by atoms with Gasteiger partial charge in [-0.25, -0.2) is 18.2 Å². The molecule has 9 heteroatoms. The van der Waals surface area contributed by atoms with E-state index in [1.54, 1.807) is 0 Å². The molecule has 0 aliphatic rings. The molecule has 7 nitrogen and oxygen atoms in total. The van der Waals surface area contributed by atoms with E-state index < -0.39 is 16.0 Å². The van der Waals surface area contributed by atoms with Crippen molar-refractivity contribution in [2.75, 3.05) is 4.72 Å². The Bertz CT molecular complexity index is 747. The Morgan fingerprint density at radius 2 is 1.85 bits per heavy atom. The number of rotatable bonds is 4. The van der Waals surface area contributed by atoms with E-state index in [0.29, 0.717) is 0 Å². The van der Waals surface area contributed by atoms with Gasteiger partial charge >= 0.3 is 5.97 Å². The van der Waals surface area contributed by atoms with Crippen molar-refractivity contribution < 1.29 is 18.3 Å². The number of carbonyl (C=O) groups is 1. The summed E-state index contributed by atoms with van der Waals surface area (Å²) in [5, 5.41) is 8.66. The number of halogens is 1. The highest BCUT2D eigenvalue weighted by Gasteiger charge is 2.15. The van der Waals surface area contributed by atoms with Gasteiger partial charge in [0, 0.05) is 6.20 Å². The molecule has 0 atom stereocenters. The zero-order chi connectivity index (χ0) is 14.8. The van der Waals surface area contributed by atoms with Crippen LogP contribution in [0.2, 0.25) is 5.28 Å². The molecule has 0 saturated heterocycles. The van der Waals surface area contributed by atoms with E-state index in [4.69, 9.17) is 16.7 Å². The van der Waals surface area contributed by atoms with E-state index in [0.717, 1.165) is 0 Å². The minimum absolute atomic E-state index is 0.00553. The fourth-order valence-corrected chi connectivity index (χ4v) is 2.51. The fraction of sp³-hybridized carbons (Fsp3) is 0. The maximum Gasteiger partial charge on any atom is 0.335 e. The monoisotopic (exact) mass is 313 g/mol. The van der Waals surface area contributed by atoms with Crippen molar-refractivity contribution in [1.82, 2.24) is 9.97 Å². The maximum absolute atomic E-state index is 12.0. The van der Waals surface area contributed by atoms with E-state index >= 15 is 0 Å². The van der Waals surface area contributed by atoms with Crippen LogP contribution in [0.15, 0.2) is 41.4 Å². The van der Waals surface area contributed by atoms with Gasteiger partial charge in [0.2, 0.25) is 5.28 Å². The standard InChI is InChI=1S/C11H8ClN3O4S/c12-11-13-6-5-9(14-11)15-20(18,19)8-3-1-7(2-4-8)10(16)17/h1-6H,(H,16,17)(H,13,14,15). The number of carboxylic acid groups (broad SMARTS) is 1. The second-order valence-corrected chi connectivity index (χ2v) is 5.67. The Kier molecular flexibility index (Phi) is 3.86. The van der Waals surface area contributed by atoms with E-state index in [1.165, 1.54) is 36.5 Å². The summed E-state index contributed by atoms with van der Waals surface area (Å²) in [7, 11) is -3.86. The first-order valence-electron chi connectivity index (χ1n) is 5.23. The lowest BCUT2D eigenvalue weighted by Gasteiger charge is -2.07. The van der Waals surface area contributed by atoms with Crippen LogP contribution in [0.5, 0.6) is 0 Å². The Morgan fingerprint density at radius 1 is 1.20 bits per heavy atom. The third-order valence-electron chi connectivity index (χ3n) is 2.28. The van der Waals surface area contributed by atoms with Crippen LogP contribution in [0.3, 0.4) is 0 Å². The van der Waals surface area contributed by atoms with Crippen LogP contribution >= 0.6 is 11.6 Å². The first-order chi connectivity index (χ1) is 9.38. The van der Waals surface area contributed by atoms with Crippen LogP contribution in [0, 0.1) is 0 Å². The quantitative estimate of drug-likeness (QED) is 0.830. The average molecular weight is 314 g/mol. The van der Waals surface area contributed by atoms with Crippen LogP contribution in [-0.4, -0.2) is 29.5 Å². The van der Waals surface area contributed by atoms with Crippen LogP contribution in [0.1, 0.15) is 10.4 Å². The van der Waals surface area contributed by atoms with Crippen molar-refractivity contribution in [2.45, 2.75) is 4.90 Å². The van der Waals surface area contributed by atoms with Crippen molar-refractivity contribution in [3.8, 4) is 0 Å². The molecule has 104 valence electrons. The number of anilines is 1. The predicted octanol–water partition coefficient (Wildman–Crippen LogP) is 1.63. The fourth-order valence-electron chi connectivity index (χ4n) is 1.37. The Morgan fingerprint density at radius 3 is 2.40 bits per heavy atom. The number of aromatic nitrogens is 2. The summed E-state index contributed by atoms with van der Waals surface area (Å²) < 4.78 is 26.3. The van der Waals surface area contributed by atoms with Gasteiger partial charge in [-0.2, -0.15) is 4.98 Å². The number of hydrogen-bond acceptors (Lipinski definition) is 5. The number of carboxylic acids is 1. The predicted molar refractivity (Wildman–Crippen MR) is 71.3 cm³/mol. The van der Waals surface area contributed by atoms with Crippen LogP contribution in [0.25, 0.3) is 0 Å². The lowest BCUT2D eigenvalue weighted by atomic mass is 10.2. The van der Waals surface area contributed by atoms with Gasteiger partial charge in [-0.05, 0) is 41.9 Å². The maximum atomic E-state index is 12.0. The SMILES string of the molecule is O=C(O)c1ccc(S(=O)(=O)Nc2ccnc(Cl)n2)cc1. The summed E-state index contributed by atoms with van der Waals surface area (Å²) in [5.41, 5.74) is -0.00553. The second-order valence-electron chi connectivity index (χ2n) is 3.65. The van der Waals surface area contributed by atoms with Gasteiger partial charge in [0.1, 0.15) is 5.82 Å². The van der Waals surface area contributed by atoms with Gasteiger partial charge in [0.15, 0.2) is 0 Å². The largest absolute Gasteiger partial charge is 0.478 e. The summed E-state index contributed by atoms with van der Waals surface area (Å²) in [4.78, 5) is 17.9. The number of nitrogens with one attached hydrogen (secondary N) is 1. The normalized spacial score (nSPS) is 11.1. The summed E-state index contributed by atoms with van der Waals surface area (Å²) in [6.07, 6.45) is 1.31. The average Bonchev–Trinajstić information content (AvgIpc) is 2.38. The van der Waals surface area contributed by atoms with Gasteiger partial charge in [0.05, 0.1) is 10.5 Å². The molecule has 2 aromatic rings. The van der Waals surface area contributed by atoms with Gasteiger partial charge in [-0.3, -0.25) is 4.72 Å². The van der Waals surface area contributed by atoms with E-state index in [9.17, 15) is 13.2 Å². The molecule has 0 unspecified atom stereocenters. The van der Waals surface area contributed by atoms with Crippen molar-refractivity contribution >= 4 is 33.4 Å². The molecule has 1 aromatic carbocycles. The highest BCUT2D eigenvalue weighted by molar-refractivity contribution is 7.92. The first kappa shape index (κ1) is 14.2. The molecule has 0 saturated carbocycles. The summed E-state index contributed by atoms with van der Waals surface area (Å²) in [6.45, 7) is 0. The van der Waals surface area contributed by atoms with Crippen LogP contribution < -0.4 is 4.72 Å². The minimum atomic E-state index is -3.86. The smallest absolute Gasteiger partial charge is 0.335 e. The number of hydrogen-bond donors (Lipinski definition) is 2. The highest BCUT2D eigenvalue weighted by atomic mass is 35.5. The number of aromatic carboxylic acids is 1. The molecular weight excluding hydrogens is 306 g/mol. The molecule has 2 rings (SSSR count). The van der Waals surface area contributed by atoms with Gasteiger partial charge in [-0.15, -0.1) is 0 Å². The molecule has 0 aliphatic carbocycles. The van der Waals surface area contributed by atoms with Crippen molar-refractivity contribution in [2.24, 2.45) is 0 Å². The van der Waals surface area contributed by atoms with E-state index in [1.807, 2.05) is 0 Å². The topological polar surface area (TPSA) is 109 Å². The van der Waals surface area contributed by atoms with Gasteiger partial charge < -0.3 is 5.11 Å². The Balaban J connectivity index is 2.28. The molecular formula is C11H8ClN3O4S. The third-order valence-corrected chi connectivity index (χ3v) is 3.83. The zero-order valence-corrected chi connectivity index (χ0v) is 11.4. The second kappa shape index (κ2) is 5.43. The molecule has 0 bridgehead atoms. The molecule has 1 heterocycles. The molecule has 2 N–H and O–H groups in total. The van der Waals surface area contributed by atoms with Crippen LogP contribution in [0.4, 0.5) is 5.82 Å². The number of nitrogens with zero attached hydrogens (tertiary/aromatic N) is 2. The molecule has 1 aromatic heterocycles. The molecule has 20 heavy (non-hydrogen) atoms. The summed E-state index contributed by atoms with van der Waals surface area (Å²) in [5.74, 6) is -1.11. The van der Waals surface area contributed by atoms with E-state index in [2.05, 4.69) is 14.7 Å². The summed E-state index contributed by atoms with van der Waals surface area (Å²) in [6, 6.07) is 6.12. The zero-order valence-electron chi connectivity index (χ0n) is 9.82. The van der Waals surface area contributed by atoms with Gasteiger partial charge in [-0.1, -0.05) is 0 Å². The van der Waals surface area contributed by atoms with Crippen LogP contribution in [-0.2, 0) is 10.0 Å². The third kappa shape index (κ3) is 3.22. The molecule has 0 fully saturated rings. The summed E-state index contributed by atoms with van der Waals surface area (Å²) >= 11 is 5.55. The molecule has 0 amide bonds. The Labute approximate surface area is 119 Å².